The van der Waals surface area contributed by atoms with Gasteiger partial charge in [0.15, 0.2) is 0 Å². The third-order valence-electron chi connectivity index (χ3n) is 3.49. The second-order valence-electron chi connectivity index (χ2n) is 4.92. The fourth-order valence-electron chi connectivity index (χ4n) is 2.34. The van der Waals surface area contributed by atoms with Crippen LogP contribution in [0.4, 0.5) is 4.39 Å². The topological polar surface area (TPSA) is 12.0 Å². The molecule has 0 bridgehead atoms. The lowest BCUT2D eigenvalue weighted by Gasteiger charge is -2.19. The van der Waals surface area contributed by atoms with Crippen molar-refractivity contribution in [2.24, 2.45) is 0 Å². The summed E-state index contributed by atoms with van der Waals surface area (Å²) in [6.07, 6.45) is 1.55. The molecule has 2 aromatic rings. The van der Waals surface area contributed by atoms with Crippen LogP contribution in [0.5, 0.6) is 0 Å². The lowest BCUT2D eigenvalue weighted by molar-refractivity contribution is 0.516. The first-order valence-corrected chi connectivity index (χ1v) is 7.79. The van der Waals surface area contributed by atoms with Crippen molar-refractivity contribution in [3.63, 3.8) is 0 Å². The van der Waals surface area contributed by atoms with E-state index >= 15 is 0 Å². The van der Waals surface area contributed by atoms with Gasteiger partial charge in [-0.3, -0.25) is 0 Å². The average molecular weight is 326 g/mol. The zero-order chi connectivity index (χ0) is 15.2. The molecular weight excluding hydrogens is 308 g/mol. The molecule has 1 nitrogen and oxygen atoms in total. The first-order chi connectivity index (χ1) is 10.1. The van der Waals surface area contributed by atoms with Crippen LogP contribution >= 0.6 is 23.2 Å². The lowest BCUT2D eigenvalue weighted by atomic mass is 10.0. The van der Waals surface area contributed by atoms with Crippen molar-refractivity contribution in [1.29, 1.82) is 0 Å². The Morgan fingerprint density at radius 1 is 1.14 bits per heavy atom. The molecular formula is C17H18Cl2FN. The highest BCUT2D eigenvalue weighted by Crippen LogP contribution is 2.28. The fraction of sp³-hybridized carbons (Fsp3) is 0.294. The second-order valence-corrected chi connectivity index (χ2v) is 5.77. The quantitative estimate of drug-likeness (QED) is 0.748. The van der Waals surface area contributed by atoms with Crippen LogP contribution in [0.2, 0.25) is 10.0 Å². The van der Waals surface area contributed by atoms with Crippen LogP contribution in [0, 0.1) is 5.82 Å². The molecule has 1 atom stereocenters. The van der Waals surface area contributed by atoms with Gasteiger partial charge in [0.2, 0.25) is 0 Å². The number of hydrogen-bond donors (Lipinski definition) is 1. The Hall–Kier alpha value is -1.09. The van der Waals surface area contributed by atoms with Crippen molar-refractivity contribution >= 4 is 23.2 Å². The Morgan fingerprint density at radius 3 is 2.57 bits per heavy atom. The van der Waals surface area contributed by atoms with Crippen molar-refractivity contribution in [2.45, 2.75) is 25.8 Å². The number of hydrogen-bond acceptors (Lipinski definition) is 1. The maximum absolute atomic E-state index is 13.6. The summed E-state index contributed by atoms with van der Waals surface area (Å²) in [4.78, 5) is 0. The van der Waals surface area contributed by atoms with Gasteiger partial charge < -0.3 is 5.32 Å². The van der Waals surface area contributed by atoms with Crippen LogP contribution in [-0.2, 0) is 6.42 Å². The largest absolute Gasteiger partial charge is 0.310 e. The van der Waals surface area contributed by atoms with E-state index in [1.807, 2.05) is 24.3 Å². The molecule has 0 aliphatic rings. The zero-order valence-electron chi connectivity index (χ0n) is 11.9. The average Bonchev–Trinajstić information content (AvgIpc) is 2.46. The van der Waals surface area contributed by atoms with Gasteiger partial charge in [-0.2, -0.15) is 0 Å². The zero-order valence-corrected chi connectivity index (χ0v) is 13.4. The second kappa shape index (κ2) is 7.79. The highest BCUT2D eigenvalue weighted by Gasteiger charge is 2.12. The maximum Gasteiger partial charge on any atom is 0.126 e. The Morgan fingerprint density at radius 2 is 1.90 bits per heavy atom. The smallest absolute Gasteiger partial charge is 0.126 e. The molecule has 0 aromatic heterocycles. The monoisotopic (exact) mass is 325 g/mol. The Labute approximate surface area is 135 Å². The number of halogens is 3. The number of benzene rings is 2. The molecule has 1 unspecified atom stereocenters. The van der Waals surface area contributed by atoms with Crippen LogP contribution in [-0.4, -0.2) is 6.54 Å². The molecule has 21 heavy (non-hydrogen) atoms. The van der Waals surface area contributed by atoms with Crippen LogP contribution in [0.25, 0.3) is 0 Å². The summed E-state index contributed by atoms with van der Waals surface area (Å²) in [5.41, 5.74) is 1.75. The minimum absolute atomic E-state index is 0.140. The van der Waals surface area contributed by atoms with Gasteiger partial charge in [-0.25, -0.2) is 4.39 Å². The molecule has 0 aliphatic carbocycles. The molecule has 0 aliphatic heterocycles. The molecule has 0 saturated carbocycles. The highest BCUT2D eigenvalue weighted by molar-refractivity contribution is 6.35. The minimum Gasteiger partial charge on any atom is -0.310 e. The summed E-state index contributed by atoms with van der Waals surface area (Å²) in [6, 6.07) is 12.5. The van der Waals surface area contributed by atoms with E-state index in [9.17, 15) is 4.39 Å². The molecule has 0 spiro atoms. The summed E-state index contributed by atoms with van der Waals surface area (Å²) in [5, 5.41) is 4.72. The first-order valence-electron chi connectivity index (χ1n) is 7.03. The van der Waals surface area contributed by atoms with Gasteiger partial charge in [0.1, 0.15) is 5.82 Å². The van der Waals surface area contributed by atoms with Gasteiger partial charge in [0.25, 0.3) is 0 Å². The summed E-state index contributed by atoms with van der Waals surface area (Å²) < 4.78 is 13.6. The van der Waals surface area contributed by atoms with Crippen molar-refractivity contribution in [3.05, 3.63) is 69.5 Å². The Bertz CT molecular complexity index is 601. The van der Waals surface area contributed by atoms with Crippen LogP contribution in [0.15, 0.2) is 42.5 Å². The molecule has 0 saturated heterocycles. The highest BCUT2D eigenvalue weighted by atomic mass is 35.5. The first kappa shape index (κ1) is 16.3. The third-order valence-corrected chi connectivity index (χ3v) is 4.05. The SMILES string of the molecule is CCC(NCCc1ccccc1F)c1ccc(Cl)cc1Cl. The van der Waals surface area contributed by atoms with Gasteiger partial charge in [-0.05, 0) is 48.7 Å². The van der Waals surface area contributed by atoms with Gasteiger partial charge in [-0.15, -0.1) is 0 Å². The molecule has 1 N–H and O–H groups in total. The molecule has 0 radical (unpaired) electrons. The third kappa shape index (κ3) is 4.44. The van der Waals surface area contributed by atoms with E-state index in [-0.39, 0.29) is 11.9 Å². The van der Waals surface area contributed by atoms with Crippen molar-refractivity contribution in [2.75, 3.05) is 6.54 Å². The van der Waals surface area contributed by atoms with Crippen molar-refractivity contribution in [1.82, 2.24) is 5.32 Å². The maximum atomic E-state index is 13.6. The number of rotatable bonds is 6. The van der Waals surface area contributed by atoms with E-state index in [0.29, 0.717) is 23.0 Å². The van der Waals surface area contributed by atoms with Crippen LogP contribution in [0.1, 0.15) is 30.5 Å². The van der Waals surface area contributed by atoms with E-state index in [2.05, 4.69) is 12.2 Å². The standard InChI is InChI=1S/C17H18Cl2FN/c1-2-17(14-8-7-13(18)11-15(14)19)21-10-9-12-5-3-4-6-16(12)20/h3-8,11,17,21H,2,9-10H2,1H3. The van der Waals surface area contributed by atoms with Crippen LogP contribution < -0.4 is 5.32 Å². The van der Waals surface area contributed by atoms with Gasteiger partial charge >= 0.3 is 0 Å². The van der Waals surface area contributed by atoms with E-state index in [1.165, 1.54) is 6.07 Å². The molecule has 0 amide bonds. The van der Waals surface area contributed by atoms with Crippen molar-refractivity contribution in [3.8, 4) is 0 Å². The Balaban J connectivity index is 1.98. The predicted octanol–water partition coefficient (Wildman–Crippen LogP) is 5.42. The van der Waals surface area contributed by atoms with Gasteiger partial charge in [0.05, 0.1) is 0 Å². The minimum atomic E-state index is -0.156. The van der Waals surface area contributed by atoms with E-state index < -0.39 is 0 Å². The molecule has 2 rings (SSSR count). The molecule has 112 valence electrons. The predicted molar refractivity (Wildman–Crippen MR) is 87.6 cm³/mol. The van der Waals surface area contributed by atoms with E-state index in [0.717, 1.165) is 17.5 Å². The lowest BCUT2D eigenvalue weighted by Crippen LogP contribution is -2.23. The van der Waals surface area contributed by atoms with Gasteiger partial charge in [0, 0.05) is 16.1 Å². The Kier molecular flexibility index (Phi) is 6.04. The van der Waals surface area contributed by atoms with Gasteiger partial charge in [-0.1, -0.05) is 54.4 Å². The summed E-state index contributed by atoms with van der Waals surface area (Å²) >= 11 is 12.2. The molecule has 0 heterocycles. The molecule has 2 aromatic carbocycles. The molecule has 4 heteroatoms. The van der Waals surface area contributed by atoms with Crippen LogP contribution in [0.3, 0.4) is 0 Å². The molecule has 0 fully saturated rings. The summed E-state index contributed by atoms with van der Waals surface area (Å²) in [5.74, 6) is -0.156. The number of nitrogens with one attached hydrogen (secondary N) is 1. The van der Waals surface area contributed by atoms with E-state index in [1.54, 1.807) is 12.1 Å². The fourth-order valence-corrected chi connectivity index (χ4v) is 2.88. The van der Waals surface area contributed by atoms with E-state index in [4.69, 9.17) is 23.2 Å². The van der Waals surface area contributed by atoms with Crippen molar-refractivity contribution < 1.29 is 4.39 Å². The normalized spacial score (nSPS) is 12.4. The summed E-state index contributed by atoms with van der Waals surface area (Å²) in [7, 11) is 0. The summed E-state index contributed by atoms with van der Waals surface area (Å²) in [6.45, 7) is 2.78.